The number of amides is 1. The van der Waals surface area contributed by atoms with E-state index in [1.807, 2.05) is 5.82 Å². The van der Waals surface area contributed by atoms with E-state index >= 15 is 0 Å². The second kappa shape index (κ2) is 3.49. The zero-order valence-corrected chi connectivity index (χ0v) is 11.0. The minimum atomic E-state index is 0.128. The Morgan fingerprint density at radius 3 is 2.00 bits per heavy atom. The van der Waals surface area contributed by atoms with Crippen LogP contribution in [0.5, 0.6) is 0 Å². The van der Waals surface area contributed by atoms with Crippen LogP contribution in [-0.4, -0.2) is 25.3 Å². The molecule has 0 heterocycles. The molecule has 0 unspecified atom stereocenters. The molecule has 0 aromatic carbocycles. The molecule has 0 aliphatic heterocycles. The number of nitrogens with one attached hydrogen (secondary N) is 1. The summed E-state index contributed by atoms with van der Waals surface area (Å²) in [6, 6.07) is 0. The first-order valence-electron chi connectivity index (χ1n) is 6.05. The fourth-order valence-corrected chi connectivity index (χ4v) is 5.20. The van der Waals surface area contributed by atoms with Gasteiger partial charge in [0.05, 0.1) is 0 Å². The van der Waals surface area contributed by atoms with Crippen LogP contribution in [0.4, 0.5) is 4.79 Å². The Labute approximate surface area is 97.7 Å². The van der Waals surface area contributed by atoms with E-state index in [-0.39, 0.29) is 20.5 Å². The van der Waals surface area contributed by atoms with Gasteiger partial charge in [-0.1, -0.05) is 0 Å². The molecule has 0 spiro atoms. The Balaban J connectivity index is 1.78. The number of rotatable bonds is 2. The van der Waals surface area contributed by atoms with Crippen molar-refractivity contribution in [2.75, 3.05) is 0 Å². The van der Waals surface area contributed by atoms with E-state index in [1.54, 1.807) is 0 Å². The number of carbonyl (C=O) groups excluding carboxylic acids is 1. The first kappa shape index (κ1) is 10.2. The molecule has 4 bridgehead atoms. The van der Waals surface area contributed by atoms with Gasteiger partial charge in [-0.05, 0) is 0 Å². The van der Waals surface area contributed by atoms with Crippen LogP contribution in [0.15, 0.2) is 0 Å². The zero-order chi connectivity index (χ0) is 10.5. The number of carbonyl (C=O) groups is 1. The number of hydrogen-bond acceptors (Lipinski definition) is 1. The van der Waals surface area contributed by atoms with E-state index in [2.05, 4.69) is 5.32 Å². The van der Waals surface area contributed by atoms with Crippen LogP contribution >= 0.6 is 0 Å². The first-order valence-corrected chi connectivity index (χ1v) is 8.62. The fraction of sp³-hybridized carbons (Fsp3) is 0.917. The molecular weight excluding hydrogens is 253 g/mol. The van der Waals surface area contributed by atoms with Gasteiger partial charge in [-0.25, -0.2) is 0 Å². The molecule has 4 aliphatic rings. The van der Waals surface area contributed by atoms with Crippen molar-refractivity contribution < 1.29 is 4.79 Å². The van der Waals surface area contributed by atoms with Crippen molar-refractivity contribution >= 4 is 19.8 Å². The average Bonchev–Trinajstić information content (AvgIpc) is 2.14. The zero-order valence-electron chi connectivity index (χ0n) is 9.29. The molecule has 4 fully saturated rings. The maximum atomic E-state index is 11.6. The van der Waals surface area contributed by atoms with E-state index in [0.29, 0.717) is 4.81 Å². The predicted molar refractivity (Wildman–Crippen MR) is 61.1 cm³/mol. The van der Waals surface area contributed by atoms with Gasteiger partial charge in [-0.2, -0.15) is 0 Å². The van der Waals surface area contributed by atoms with Crippen LogP contribution < -0.4 is 5.32 Å². The molecule has 4 aliphatic carbocycles. The molecule has 4 saturated carbocycles. The van der Waals surface area contributed by atoms with Gasteiger partial charge in [0.25, 0.3) is 0 Å². The first-order chi connectivity index (χ1) is 7.19. The molecule has 0 saturated heterocycles. The molecule has 15 heavy (non-hydrogen) atoms. The molecule has 3 heteroatoms. The third-order valence-electron chi connectivity index (χ3n) is 4.59. The van der Waals surface area contributed by atoms with Crippen LogP contribution in [0.25, 0.3) is 0 Å². The Hall–Kier alpha value is -0.0105. The molecule has 0 radical (unpaired) electrons. The summed E-state index contributed by atoms with van der Waals surface area (Å²) in [5.41, 5.74) is 0.240. The van der Waals surface area contributed by atoms with E-state index in [1.165, 1.54) is 38.5 Å². The van der Waals surface area contributed by atoms with Gasteiger partial charge in [0.1, 0.15) is 0 Å². The summed E-state index contributed by atoms with van der Waals surface area (Å²) in [7, 11) is 0. The van der Waals surface area contributed by atoms with Crippen molar-refractivity contribution in [1.29, 1.82) is 0 Å². The minimum absolute atomic E-state index is 0.128. The Morgan fingerprint density at radius 2 is 1.60 bits per heavy atom. The SMILES string of the molecule is C[Se]C(=O)NC12CC3CC(CC(C3)C1)C2. The molecule has 0 aromatic rings. The second-order valence-corrected chi connectivity index (χ2v) is 7.45. The van der Waals surface area contributed by atoms with E-state index in [0.717, 1.165) is 17.8 Å². The van der Waals surface area contributed by atoms with Gasteiger partial charge >= 0.3 is 97.5 Å². The van der Waals surface area contributed by atoms with Gasteiger partial charge in [0.2, 0.25) is 0 Å². The van der Waals surface area contributed by atoms with E-state index < -0.39 is 0 Å². The average molecular weight is 272 g/mol. The molecule has 0 atom stereocenters. The van der Waals surface area contributed by atoms with Crippen molar-refractivity contribution in [3.63, 3.8) is 0 Å². The monoisotopic (exact) mass is 273 g/mol. The van der Waals surface area contributed by atoms with Crippen molar-refractivity contribution in [3.8, 4) is 0 Å². The summed E-state index contributed by atoms with van der Waals surface area (Å²) in [5.74, 6) is 4.81. The van der Waals surface area contributed by atoms with E-state index in [9.17, 15) is 4.79 Å². The molecule has 1 amide bonds. The summed E-state index contributed by atoms with van der Waals surface area (Å²) in [5, 5.41) is 3.36. The molecule has 1 N–H and O–H groups in total. The van der Waals surface area contributed by atoms with Gasteiger partial charge in [0, 0.05) is 0 Å². The molecule has 2 nitrogen and oxygen atoms in total. The Bertz CT molecular complexity index is 254. The van der Waals surface area contributed by atoms with Gasteiger partial charge in [0.15, 0.2) is 0 Å². The molecular formula is C12H19NOSe. The summed E-state index contributed by atoms with van der Waals surface area (Å²) in [6.07, 6.45) is 8.19. The quantitative estimate of drug-likeness (QED) is 0.768. The Kier molecular flexibility index (Phi) is 2.37. The predicted octanol–water partition coefficient (Wildman–Crippen LogP) is 2.42. The molecule has 0 aromatic heterocycles. The van der Waals surface area contributed by atoms with Crippen LogP contribution in [0.3, 0.4) is 0 Å². The van der Waals surface area contributed by atoms with E-state index in [4.69, 9.17) is 0 Å². The standard InChI is InChI=1S/C12H19NOSe/c1-15-11(14)13-12-5-8-2-9(6-12)4-10(3-8)7-12/h8-10H,2-7H2,1H3,(H,13,14). The van der Waals surface area contributed by atoms with Crippen LogP contribution in [0.2, 0.25) is 5.82 Å². The van der Waals surface area contributed by atoms with Gasteiger partial charge in [-0.3, -0.25) is 0 Å². The summed E-state index contributed by atoms with van der Waals surface area (Å²) in [4.78, 5) is 11.9. The normalized spacial score (nSPS) is 46.9. The van der Waals surface area contributed by atoms with Crippen molar-refractivity contribution in [2.24, 2.45) is 17.8 Å². The van der Waals surface area contributed by atoms with Crippen LogP contribution in [-0.2, 0) is 0 Å². The molecule has 84 valence electrons. The summed E-state index contributed by atoms with van der Waals surface area (Å²) < 4.78 is 0. The third-order valence-corrected chi connectivity index (χ3v) is 5.58. The Morgan fingerprint density at radius 1 is 1.13 bits per heavy atom. The van der Waals surface area contributed by atoms with Gasteiger partial charge in [-0.15, -0.1) is 0 Å². The van der Waals surface area contributed by atoms with Crippen LogP contribution in [0.1, 0.15) is 38.5 Å². The fourth-order valence-electron chi connectivity index (χ4n) is 4.53. The number of hydrogen-bond donors (Lipinski definition) is 1. The topological polar surface area (TPSA) is 29.1 Å². The van der Waals surface area contributed by atoms with Gasteiger partial charge < -0.3 is 0 Å². The van der Waals surface area contributed by atoms with Crippen molar-refractivity contribution in [1.82, 2.24) is 5.32 Å². The third kappa shape index (κ3) is 1.74. The summed E-state index contributed by atoms with van der Waals surface area (Å²) in [6.45, 7) is 0. The molecule has 4 rings (SSSR count). The van der Waals surface area contributed by atoms with Crippen LogP contribution in [0, 0.1) is 17.8 Å². The summed E-state index contributed by atoms with van der Waals surface area (Å²) >= 11 is 0.128. The second-order valence-electron chi connectivity index (χ2n) is 5.81. The van der Waals surface area contributed by atoms with Crippen molar-refractivity contribution in [2.45, 2.75) is 49.9 Å². The maximum absolute atomic E-state index is 11.6. The van der Waals surface area contributed by atoms with Crippen molar-refractivity contribution in [3.05, 3.63) is 0 Å².